The molecule has 2 aromatic rings. The van der Waals surface area contributed by atoms with E-state index in [0.29, 0.717) is 5.82 Å². The van der Waals surface area contributed by atoms with Crippen molar-refractivity contribution in [2.24, 2.45) is 5.73 Å². The molecule has 3 nitrogen and oxygen atoms in total. The first-order chi connectivity index (χ1) is 6.79. The van der Waals surface area contributed by atoms with Crippen molar-refractivity contribution in [3.05, 3.63) is 46.2 Å². The molecule has 2 heterocycles. The summed E-state index contributed by atoms with van der Waals surface area (Å²) in [6.45, 7) is 2.05. The lowest BCUT2D eigenvalue weighted by atomic mass is 10.1. The van der Waals surface area contributed by atoms with Gasteiger partial charge in [0.05, 0.1) is 0 Å². The summed E-state index contributed by atoms with van der Waals surface area (Å²) in [5, 5.41) is 2.04. The van der Waals surface area contributed by atoms with Gasteiger partial charge in [0.2, 0.25) is 0 Å². The highest BCUT2D eigenvalue weighted by molar-refractivity contribution is 7.10. The van der Waals surface area contributed by atoms with Gasteiger partial charge in [-0.05, 0) is 30.0 Å². The lowest BCUT2D eigenvalue weighted by molar-refractivity contribution is 0.790. The third-order valence-electron chi connectivity index (χ3n) is 2.05. The van der Waals surface area contributed by atoms with Gasteiger partial charge in [0, 0.05) is 17.3 Å². The predicted molar refractivity (Wildman–Crippen MR) is 57.1 cm³/mol. The Balaban J connectivity index is 2.34. The van der Waals surface area contributed by atoms with Gasteiger partial charge in [-0.2, -0.15) is 0 Å². The molecule has 4 heteroatoms. The van der Waals surface area contributed by atoms with E-state index in [1.165, 1.54) is 5.56 Å². The number of rotatable bonds is 2. The van der Waals surface area contributed by atoms with Gasteiger partial charge in [0.25, 0.3) is 0 Å². The van der Waals surface area contributed by atoms with Crippen LogP contribution in [0.15, 0.2) is 29.9 Å². The zero-order valence-corrected chi connectivity index (χ0v) is 8.66. The molecule has 0 aromatic carbocycles. The Labute approximate surface area is 86.6 Å². The second-order valence-electron chi connectivity index (χ2n) is 3.05. The normalized spacial score (nSPS) is 12.7. The molecule has 72 valence electrons. The number of aryl methyl sites for hydroxylation is 1. The maximum absolute atomic E-state index is 6.05. The fourth-order valence-corrected chi connectivity index (χ4v) is 2.22. The van der Waals surface area contributed by atoms with Crippen molar-refractivity contribution < 1.29 is 0 Å². The van der Waals surface area contributed by atoms with E-state index in [2.05, 4.69) is 23.0 Å². The summed E-state index contributed by atoms with van der Waals surface area (Å²) in [5.41, 5.74) is 7.25. The first-order valence-electron chi connectivity index (χ1n) is 4.35. The summed E-state index contributed by atoms with van der Waals surface area (Å²) in [7, 11) is 0. The minimum atomic E-state index is -0.198. The predicted octanol–water partition coefficient (Wildman–Crippen LogP) is 1.89. The third kappa shape index (κ3) is 1.66. The molecule has 0 spiro atoms. The van der Waals surface area contributed by atoms with Gasteiger partial charge in [-0.1, -0.05) is 0 Å². The second kappa shape index (κ2) is 3.86. The Hall–Kier alpha value is -1.26. The average Bonchev–Trinajstić information content (AvgIpc) is 2.65. The van der Waals surface area contributed by atoms with Gasteiger partial charge in [-0.3, -0.25) is 0 Å². The van der Waals surface area contributed by atoms with Crippen molar-refractivity contribution in [2.45, 2.75) is 13.0 Å². The van der Waals surface area contributed by atoms with E-state index in [4.69, 9.17) is 5.73 Å². The fourth-order valence-electron chi connectivity index (χ4n) is 1.29. The van der Waals surface area contributed by atoms with Crippen LogP contribution in [0.5, 0.6) is 0 Å². The number of aromatic nitrogens is 2. The molecule has 0 aliphatic carbocycles. The minimum absolute atomic E-state index is 0.198. The SMILES string of the molecule is Cc1ccsc1C(N)c1ncccn1. The van der Waals surface area contributed by atoms with Crippen LogP contribution in [-0.4, -0.2) is 9.97 Å². The molecule has 0 bridgehead atoms. The summed E-state index contributed by atoms with van der Waals surface area (Å²) in [5.74, 6) is 0.679. The summed E-state index contributed by atoms with van der Waals surface area (Å²) >= 11 is 1.65. The third-order valence-corrected chi connectivity index (χ3v) is 3.15. The van der Waals surface area contributed by atoms with Crippen molar-refractivity contribution in [2.75, 3.05) is 0 Å². The van der Waals surface area contributed by atoms with Gasteiger partial charge >= 0.3 is 0 Å². The zero-order valence-electron chi connectivity index (χ0n) is 7.84. The van der Waals surface area contributed by atoms with Crippen LogP contribution >= 0.6 is 11.3 Å². The summed E-state index contributed by atoms with van der Waals surface area (Å²) < 4.78 is 0. The molecule has 2 aromatic heterocycles. The van der Waals surface area contributed by atoms with Crippen LogP contribution in [0.3, 0.4) is 0 Å². The highest BCUT2D eigenvalue weighted by Gasteiger charge is 2.14. The first kappa shape index (κ1) is 9.30. The summed E-state index contributed by atoms with van der Waals surface area (Å²) in [6, 6.07) is 3.65. The Kier molecular flexibility index (Phi) is 2.56. The van der Waals surface area contributed by atoms with Crippen LogP contribution < -0.4 is 5.73 Å². The van der Waals surface area contributed by atoms with Crippen LogP contribution in [0, 0.1) is 6.92 Å². The molecule has 1 atom stereocenters. The van der Waals surface area contributed by atoms with E-state index in [0.717, 1.165) is 4.88 Å². The van der Waals surface area contributed by atoms with Gasteiger partial charge in [-0.25, -0.2) is 9.97 Å². The number of nitrogens with two attached hydrogens (primary N) is 1. The Morgan fingerprint density at radius 1 is 1.36 bits per heavy atom. The molecule has 0 fully saturated rings. The monoisotopic (exact) mass is 205 g/mol. The first-order valence-corrected chi connectivity index (χ1v) is 5.23. The van der Waals surface area contributed by atoms with E-state index in [1.807, 2.05) is 5.38 Å². The van der Waals surface area contributed by atoms with Crippen LogP contribution in [0.2, 0.25) is 0 Å². The molecule has 0 saturated heterocycles. The summed E-state index contributed by atoms with van der Waals surface area (Å²) in [6.07, 6.45) is 3.43. The smallest absolute Gasteiger partial charge is 0.150 e. The number of nitrogens with zero attached hydrogens (tertiary/aromatic N) is 2. The van der Waals surface area contributed by atoms with Crippen molar-refractivity contribution >= 4 is 11.3 Å². The van der Waals surface area contributed by atoms with Crippen molar-refractivity contribution in [1.29, 1.82) is 0 Å². The van der Waals surface area contributed by atoms with Crippen molar-refractivity contribution in [3.8, 4) is 0 Å². The molecule has 14 heavy (non-hydrogen) atoms. The second-order valence-corrected chi connectivity index (χ2v) is 4.00. The van der Waals surface area contributed by atoms with Gasteiger partial charge in [0.1, 0.15) is 11.9 Å². The van der Waals surface area contributed by atoms with Crippen LogP contribution in [0.4, 0.5) is 0 Å². The maximum Gasteiger partial charge on any atom is 0.150 e. The zero-order chi connectivity index (χ0) is 9.97. The van der Waals surface area contributed by atoms with Crippen molar-refractivity contribution in [3.63, 3.8) is 0 Å². The number of hydrogen-bond donors (Lipinski definition) is 1. The molecule has 0 radical (unpaired) electrons. The highest BCUT2D eigenvalue weighted by Crippen LogP contribution is 2.24. The summed E-state index contributed by atoms with van der Waals surface area (Å²) in [4.78, 5) is 9.43. The van der Waals surface area contributed by atoms with Crippen LogP contribution in [0.25, 0.3) is 0 Å². The molecule has 0 aliphatic heterocycles. The lowest BCUT2D eigenvalue weighted by Gasteiger charge is -2.08. The van der Waals surface area contributed by atoms with E-state index >= 15 is 0 Å². The average molecular weight is 205 g/mol. The Bertz CT molecular complexity index is 410. The molecule has 0 saturated carbocycles. The Morgan fingerprint density at radius 2 is 2.07 bits per heavy atom. The van der Waals surface area contributed by atoms with Crippen LogP contribution in [-0.2, 0) is 0 Å². The molecular formula is C10H11N3S. The lowest BCUT2D eigenvalue weighted by Crippen LogP contribution is -2.14. The Morgan fingerprint density at radius 3 is 2.64 bits per heavy atom. The van der Waals surface area contributed by atoms with Gasteiger partial charge in [-0.15, -0.1) is 11.3 Å². The van der Waals surface area contributed by atoms with Gasteiger partial charge < -0.3 is 5.73 Å². The minimum Gasteiger partial charge on any atom is -0.317 e. The fraction of sp³-hybridized carbons (Fsp3) is 0.200. The highest BCUT2D eigenvalue weighted by atomic mass is 32.1. The van der Waals surface area contributed by atoms with E-state index in [-0.39, 0.29) is 6.04 Å². The largest absolute Gasteiger partial charge is 0.317 e. The van der Waals surface area contributed by atoms with Crippen LogP contribution in [0.1, 0.15) is 22.3 Å². The molecule has 2 N–H and O–H groups in total. The topological polar surface area (TPSA) is 51.8 Å². The number of hydrogen-bond acceptors (Lipinski definition) is 4. The van der Waals surface area contributed by atoms with Gasteiger partial charge in [0.15, 0.2) is 0 Å². The maximum atomic E-state index is 6.05. The quantitative estimate of drug-likeness (QED) is 0.814. The molecular weight excluding hydrogens is 194 g/mol. The van der Waals surface area contributed by atoms with Crippen molar-refractivity contribution in [1.82, 2.24) is 9.97 Å². The van der Waals surface area contributed by atoms with E-state index < -0.39 is 0 Å². The number of thiophene rings is 1. The van der Waals surface area contributed by atoms with E-state index in [1.54, 1.807) is 29.8 Å². The standard InChI is InChI=1S/C10H11N3S/c1-7-3-6-14-9(7)8(11)10-12-4-2-5-13-10/h2-6,8H,11H2,1H3. The molecule has 1 unspecified atom stereocenters. The molecule has 2 rings (SSSR count). The van der Waals surface area contributed by atoms with E-state index in [9.17, 15) is 0 Å². The molecule has 0 aliphatic rings. The molecule has 0 amide bonds.